The normalized spacial score (nSPS) is 11.0. The Balaban J connectivity index is 2.14. The van der Waals surface area contributed by atoms with E-state index in [-0.39, 0.29) is 5.78 Å². The number of carbonyl (C=O) groups excluding carboxylic acids is 1. The first-order valence-corrected chi connectivity index (χ1v) is 8.56. The minimum atomic E-state index is -1.09. The van der Waals surface area contributed by atoms with E-state index < -0.39 is 5.97 Å². The number of carbonyl (C=O) groups is 2. The molecular weight excluding hydrogens is 382 g/mol. The third-order valence-electron chi connectivity index (χ3n) is 4.08. The summed E-state index contributed by atoms with van der Waals surface area (Å²) in [6.07, 6.45) is 5.50. The van der Waals surface area contributed by atoms with Gasteiger partial charge in [0, 0.05) is 47.1 Å². The topological polar surface area (TPSA) is 94.3 Å². The van der Waals surface area contributed by atoms with Crippen molar-refractivity contribution in [2.45, 2.75) is 0 Å². The van der Waals surface area contributed by atoms with Crippen LogP contribution < -0.4 is 4.74 Å². The Morgan fingerprint density at radius 2 is 1.89 bits per heavy atom. The van der Waals surface area contributed by atoms with Gasteiger partial charge >= 0.3 is 5.97 Å². The lowest BCUT2D eigenvalue weighted by atomic mass is 9.98. The first-order valence-electron chi connectivity index (χ1n) is 8.18. The van der Waals surface area contributed by atoms with Crippen molar-refractivity contribution in [1.29, 1.82) is 0 Å². The number of aliphatic carboxylic acids is 1. The number of hydrogen-bond acceptors (Lipinski definition) is 5. The third-order valence-corrected chi connectivity index (χ3v) is 4.33. The number of ether oxygens (including phenoxy) is 1. The van der Waals surface area contributed by atoms with Gasteiger partial charge in [-0.25, -0.2) is 9.78 Å². The van der Waals surface area contributed by atoms with Gasteiger partial charge in [-0.3, -0.25) is 9.48 Å². The van der Waals surface area contributed by atoms with E-state index in [9.17, 15) is 9.59 Å². The Hall–Kier alpha value is -3.45. The molecule has 7 nitrogen and oxygen atoms in total. The smallest absolute Gasteiger partial charge is 0.328 e. The molecule has 0 spiro atoms. The molecule has 0 fully saturated rings. The van der Waals surface area contributed by atoms with Gasteiger partial charge in [-0.2, -0.15) is 5.10 Å². The fourth-order valence-corrected chi connectivity index (χ4v) is 2.85. The van der Waals surface area contributed by atoms with Gasteiger partial charge in [0.05, 0.1) is 13.3 Å². The molecule has 0 saturated heterocycles. The molecule has 0 atom stereocenters. The molecule has 2 aromatic heterocycles. The average molecular weight is 398 g/mol. The van der Waals surface area contributed by atoms with Crippen LogP contribution in [0, 0.1) is 0 Å². The van der Waals surface area contributed by atoms with Crippen LogP contribution in [0.1, 0.15) is 21.6 Å². The highest BCUT2D eigenvalue weighted by Gasteiger charge is 2.21. The molecule has 28 heavy (non-hydrogen) atoms. The lowest BCUT2D eigenvalue weighted by Crippen LogP contribution is -2.10. The summed E-state index contributed by atoms with van der Waals surface area (Å²) in [5, 5.41) is 13.7. The number of rotatable bonds is 6. The Kier molecular flexibility index (Phi) is 5.56. The van der Waals surface area contributed by atoms with Crippen molar-refractivity contribution in [2.75, 3.05) is 7.11 Å². The van der Waals surface area contributed by atoms with Crippen LogP contribution >= 0.6 is 11.6 Å². The van der Waals surface area contributed by atoms with Crippen molar-refractivity contribution in [1.82, 2.24) is 14.8 Å². The van der Waals surface area contributed by atoms with E-state index in [1.807, 2.05) is 0 Å². The predicted octanol–water partition coefficient (Wildman–Crippen LogP) is 3.47. The summed E-state index contributed by atoms with van der Waals surface area (Å²) in [5.74, 6) is -1.01. The Morgan fingerprint density at radius 1 is 1.18 bits per heavy atom. The Labute approximate surface area is 165 Å². The second-order valence-electron chi connectivity index (χ2n) is 5.85. The van der Waals surface area contributed by atoms with Crippen LogP contribution in [0.15, 0.2) is 48.8 Å². The highest BCUT2D eigenvalue weighted by Crippen LogP contribution is 2.30. The van der Waals surface area contributed by atoms with Gasteiger partial charge in [-0.05, 0) is 35.9 Å². The minimum Gasteiger partial charge on any atom is -0.481 e. The lowest BCUT2D eigenvalue weighted by Gasteiger charge is -2.10. The van der Waals surface area contributed by atoms with Gasteiger partial charge in [0.25, 0.3) is 0 Å². The van der Waals surface area contributed by atoms with Crippen molar-refractivity contribution in [3.8, 4) is 17.0 Å². The molecule has 0 bridgehead atoms. The number of hydrogen-bond donors (Lipinski definition) is 1. The van der Waals surface area contributed by atoms with Crippen LogP contribution in [0.5, 0.6) is 5.88 Å². The van der Waals surface area contributed by atoms with E-state index in [4.69, 9.17) is 21.4 Å². The Bertz CT molecular complexity index is 1070. The second-order valence-corrected chi connectivity index (χ2v) is 6.29. The molecule has 142 valence electrons. The van der Waals surface area contributed by atoms with E-state index in [1.165, 1.54) is 24.1 Å². The molecule has 1 N–H and O–H groups in total. The lowest BCUT2D eigenvalue weighted by molar-refractivity contribution is -0.131. The minimum absolute atomic E-state index is 0.240. The first-order chi connectivity index (χ1) is 13.4. The number of carboxylic acids is 1. The van der Waals surface area contributed by atoms with Crippen LogP contribution in [0.4, 0.5) is 0 Å². The van der Waals surface area contributed by atoms with Crippen molar-refractivity contribution in [2.24, 2.45) is 7.05 Å². The van der Waals surface area contributed by atoms with E-state index in [0.29, 0.717) is 38.9 Å². The third kappa shape index (κ3) is 3.94. The van der Waals surface area contributed by atoms with Crippen LogP contribution in [0.3, 0.4) is 0 Å². The van der Waals surface area contributed by atoms with Crippen molar-refractivity contribution >= 4 is 29.4 Å². The molecule has 0 amide bonds. The number of benzene rings is 1. The van der Waals surface area contributed by atoms with Gasteiger partial charge in [0.2, 0.25) is 11.7 Å². The molecule has 0 aliphatic carbocycles. The monoisotopic (exact) mass is 397 g/mol. The maximum Gasteiger partial charge on any atom is 0.328 e. The van der Waals surface area contributed by atoms with Gasteiger partial charge < -0.3 is 9.84 Å². The number of halogens is 1. The number of aryl methyl sites for hydroxylation is 1. The summed E-state index contributed by atoms with van der Waals surface area (Å²) in [7, 11) is 3.13. The molecule has 0 aliphatic rings. The molecule has 0 radical (unpaired) electrons. The van der Waals surface area contributed by atoms with E-state index in [2.05, 4.69) is 10.1 Å². The van der Waals surface area contributed by atoms with Crippen molar-refractivity contribution in [3.63, 3.8) is 0 Å². The highest BCUT2D eigenvalue weighted by molar-refractivity contribution is 6.30. The number of aromatic nitrogens is 3. The largest absolute Gasteiger partial charge is 0.481 e. The van der Waals surface area contributed by atoms with Gasteiger partial charge in [0.15, 0.2) is 0 Å². The van der Waals surface area contributed by atoms with Crippen LogP contribution in [-0.4, -0.2) is 38.7 Å². The Morgan fingerprint density at radius 3 is 2.54 bits per heavy atom. The molecule has 2 heterocycles. The quantitative estimate of drug-likeness (QED) is 0.505. The first kappa shape index (κ1) is 19.3. The average Bonchev–Trinajstić information content (AvgIpc) is 3.07. The fraction of sp³-hybridized carbons (Fsp3) is 0.100. The van der Waals surface area contributed by atoms with E-state index in [1.54, 1.807) is 43.6 Å². The predicted molar refractivity (Wildman–Crippen MR) is 105 cm³/mol. The van der Waals surface area contributed by atoms with Crippen LogP contribution in [-0.2, 0) is 11.8 Å². The molecule has 0 saturated carbocycles. The number of carboxylic acid groups (broad SMARTS) is 1. The molecule has 3 rings (SSSR count). The zero-order chi connectivity index (χ0) is 20.3. The number of methoxy groups -OCH3 is 1. The molecule has 0 aliphatic heterocycles. The summed E-state index contributed by atoms with van der Waals surface area (Å²) >= 11 is 5.90. The zero-order valence-electron chi connectivity index (χ0n) is 15.1. The van der Waals surface area contributed by atoms with Crippen LogP contribution in [0.2, 0.25) is 5.02 Å². The molecule has 3 aromatic rings. The molecule has 1 aromatic carbocycles. The molecular formula is C20H16ClN3O4. The summed E-state index contributed by atoms with van der Waals surface area (Å²) in [5.41, 5.74) is 2.43. The van der Waals surface area contributed by atoms with Crippen LogP contribution in [0.25, 0.3) is 17.2 Å². The van der Waals surface area contributed by atoms with Gasteiger partial charge in [-0.15, -0.1) is 0 Å². The van der Waals surface area contributed by atoms with Gasteiger partial charge in [0.1, 0.15) is 5.69 Å². The van der Waals surface area contributed by atoms with Crippen molar-refractivity contribution in [3.05, 3.63) is 70.6 Å². The second kappa shape index (κ2) is 8.06. The summed E-state index contributed by atoms with van der Waals surface area (Å²) in [4.78, 5) is 28.2. The highest BCUT2D eigenvalue weighted by atomic mass is 35.5. The van der Waals surface area contributed by atoms with E-state index in [0.717, 1.165) is 6.08 Å². The van der Waals surface area contributed by atoms with E-state index >= 15 is 0 Å². The summed E-state index contributed by atoms with van der Waals surface area (Å²) in [6.45, 7) is 0. The molecule has 8 heteroatoms. The fourth-order valence-electron chi connectivity index (χ4n) is 2.73. The zero-order valence-corrected chi connectivity index (χ0v) is 15.8. The maximum absolute atomic E-state index is 13.1. The summed E-state index contributed by atoms with van der Waals surface area (Å²) < 4.78 is 6.60. The molecule has 0 unspecified atom stereocenters. The number of nitrogens with zero attached hydrogens (tertiary/aromatic N) is 3. The number of ketones is 1. The maximum atomic E-state index is 13.1. The number of pyridine rings is 1. The standard InChI is InChI=1S/C20H16ClN3O4/c1-24-19(20(27)12-3-6-14(21)7-4-12)16(11-23-24)15-10-22-17(28-2)9-13(15)5-8-18(25)26/h3-11H,1-2H3,(H,25,26). The van der Waals surface area contributed by atoms with Gasteiger partial charge in [-0.1, -0.05) is 11.6 Å². The van der Waals surface area contributed by atoms with Crippen molar-refractivity contribution < 1.29 is 19.4 Å². The SMILES string of the molecule is COc1cc(C=CC(=O)O)c(-c2cnn(C)c2C(=O)c2ccc(Cl)cc2)cn1. The summed E-state index contributed by atoms with van der Waals surface area (Å²) in [6, 6.07) is 8.15.